The molecule has 0 spiro atoms. The molecule has 3 aliphatic rings. The van der Waals surface area contributed by atoms with E-state index in [9.17, 15) is 14.4 Å². The molecular weight excluding hydrogens is 394 g/mol. The van der Waals surface area contributed by atoms with Crippen LogP contribution >= 0.6 is 0 Å². The van der Waals surface area contributed by atoms with Crippen LogP contribution in [0.1, 0.15) is 51.4 Å². The number of hydrazone groups is 1. The first-order valence-electron chi connectivity index (χ1n) is 11.3. The first kappa shape index (κ1) is 21.3. The van der Waals surface area contributed by atoms with Gasteiger partial charge in [-0.15, -0.1) is 0 Å². The number of piperidine rings is 1. The minimum absolute atomic E-state index is 0.0543. The standard InChI is InChI=1S/C23H31N5O3/c24-21(29)20-14-19(26-28(20)18-11-5-2-6-12-18)23(31)27-13-7-8-16(15-27)22(30)25-17-9-3-1-4-10-17/h2,5-6,11-12,16-17,20H,1,3-4,7-10,13-15H2,(H2,24,29)(H,25,30). The highest BCUT2D eigenvalue weighted by atomic mass is 16.2. The summed E-state index contributed by atoms with van der Waals surface area (Å²) >= 11 is 0. The SMILES string of the molecule is NC(=O)C1CC(C(=O)N2CCCC(C(=O)NC3CCCCC3)C2)=NN1c1ccccc1. The summed E-state index contributed by atoms with van der Waals surface area (Å²) in [4.78, 5) is 39.7. The zero-order chi connectivity index (χ0) is 21.8. The Kier molecular flexibility index (Phi) is 6.53. The zero-order valence-corrected chi connectivity index (χ0v) is 17.8. The lowest BCUT2D eigenvalue weighted by atomic mass is 9.92. The molecule has 2 heterocycles. The number of primary amides is 1. The van der Waals surface area contributed by atoms with E-state index in [2.05, 4.69) is 10.4 Å². The van der Waals surface area contributed by atoms with Crippen LogP contribution < -0.4 is 16.1 Å². The number of nitrogens with two attached hydrogens (primary N) is 1. The molecule has 1 saturated heterocycles. The van der Waals surface area contributed by atoms with Crippen LogP contribution in [-0.4, -0.2) is 53.5 Å². The van der Waals surface area contributed by atoms with Crippen molar-refractivity contribution in [2.24, 2.45) is 16.8 Å². The number of rotatable bonds is 5. The number of benzene rings is 1. The minimum atomic E-state index is -0.684. The van der Waals surface area contributed by atoms with Crippen molar-refractivity contribution in [2.45, 2.75) is 63.5 Å². The molecule has 1 aromatic carbocycles. The average Bonchev–Trinajstić information content (AvgIpc) is 3.26. The molecule has 166 valence electrons. The highest BCUT2D eigenvalue weighted by Gasteiger charge is 2.38. The number of amides is 3. The second kappa shape index (κ2) is 9.49. The molecule has 8 nitrogen and oxygen atoms in total. The maximum Gasteiger partial charge on any atom is 0.270 e. The third-order valence-corrected chi connectivity index (χ3v) is 6.54. The molecule has 1 saturated carbocycles. The average molecular weight is 426 g/mol. The quantitative estimate of drug-likeness (QED) is 0.750. The number of likely N-dealkylation sites (tertiary alicyclic amines) is 1. The van der Waals surface area contributed by atoms with Gasteiger partial charge in [0.25, 0.3) is 5.91 Å². The van der Waals surface area contributed by atoms with E-state index in [4.69, 9.17) is 5.73 Å². The maximum atomic E-state index is 13.2. The van der Waals surface area contributed by atoms with Crippen molar-refractivity contribution in [3.8, 4) is 0 Å². The molecule has 0 radical (unpaired) electrons. The monoisotopic (exact) mass is 425 g/mol. The van der Waals surface area contributed by atoms with Gasteiger partial charge in [-0.1, -0.05) is 37.5 Å². The summed E-state index contributed by atoms with van der Waals surface area (Å²) in [5.74, 6) is -0.865. The van der Waals surface area contributed by atoms with Gasteiger partial charge in [0, 0.05) is 25.6 Å². The molecule has 0 bridgehead atoms. The van der Waals surface area contributed by atoms with Gasteiger partial charge in [-0.25, -0.2) is 0 Å². The fourth-order valence-electron chi connectivity index (χ4n) is 4.80. The predicted molar refractivity (Wildman–Crippen MR) is 118 cm³/mol. The second-order valence-corrected chi connectivity index (χ2v) is 8.78. The van der Waals surface area contributed by atoms with Crippen LogP contribution in [0.25, 0.3) is 0 Å². The van der Waals surface area contributed by atoms with Crippen LogP contribution in [0.3, 0.4) is 0 Å². The summed E-state index contributed by atoms with van der Waals surface area (Å²) in [5.41, 5.74) is 6.63. The highest BCUT2D eigenvalue weighted by Crippen LogP contribution is 2.26. The van der Waals surface area contributed by atoms with E-state index in [0.717, 1.165) is 31.4 Å². The van der Waals surface area contributed by atoms with Crippen LogP contribution in [-0.2, 0) is 14.4 Å². The third-order valence-electron chi connectivity index (χ3n) is 6.54. The first-order valence-corrected chi connectivity index (χ1v) is 11.3. The van der Waals surface area contributed by atoms with E-state index >= 15 is 0 Å². The van der Waals surface area contributed by atoms with Gasteiger partial charge >= 0.3 is 0 Å². The van der Waals surface area contributed by atoms with E-state index in [-0.39, 0.29) is 30.2 Å². The number of hydrogen-bond donors (Lipinski definition) is 2. The Labute approximate surface area is 182 Å². The van der Waals surface area contributed by atoms with E-state index in [1.165, 1.54) is 24.3 Å². The Balaban J connectivity index is 1.42. The number of hydrogen-bond acceptors (Lipinski definition) is 5. The summed E-state index contributed by atoms with van der Waals surface area (Å²) in [6.07, 6.45) is 7.41. The summed E-state index contributed by atoms with van der Waals surface area (Å²) < 4.78 is 0. The van der Waals surface area contributed by atoms with Crippen molar-refractivity contribution >= 4 is 29.1 Å². The maximum absolute atomic E-state index is 13.2. The van der Waals surface area contributed by atoms with Gasteiger partial charge in [0.05, 0.1) is 11.6 Å². The van der Waals surface area contributed by atoms with Gasteiger partial charge in [-0.3, -0.25) is 19.4 Å². The Morgan fingerprint density at radius 2 is 1.74 bits per heavy atom. The zero-order valence-electron chi connectivity index (χ0n) is 17.8. The van der Waals surface area contributed by atoms with Crippen LogP contribution in [0, 0.1) is 5.92 Å². The molecule has 1 aliphatic carbocycles. The van der Waals surface area contributed by atoms with Crippen molar-refractivity contribution in [2.75, 3.05) is 18.1 Å². The van der Waals surface area contributed by atoms with Gasteiger partial charge < -0.3 is 16.0 Å². The molecule has 2 fully saturated rings. The predicted octanol–water partition coefficient (Wildman–Crippen LogP) is 1.79. The molecule has 3 amide bonds. The molecular formula is C23H31N5O3. The summed E-state index contributed by atoms with van der Waals surface area (Å²) in [7, 11) is 0. The molecule has 3 N–H and O–H groups in total. The van der Waals surface area contributed by atoms with E-state index in [1.807, 2.05) is 30.3 Å². The van der Waals surface area contributed by atoms with Gasteiger partial charge in [-0.2, -0.15) is 5.10 Å². The number of anilines is 1. The van der Waals surface area contributed by atoms with Crippen molar-refractivity contribution in [1.29, 1.82) is 0 Å². The van der Waals surface area contributed by atoms with Gasteiger partial charge in [0.2, 0.25) is 11.8 Å². The molecule has 2 aliphatic heterocycles. The summed E-state index contributed by atoms with van der Waals surface area (Å²) in [5, 5.41) is 9.18. The lowest BCUT2D eigenvalue weighted by Crippen LogP contribution is -2.49. The summed E-state index contributed by atoms with van der Waals surface area (Å²) in [6, 6.07) is 8.82. The van der Waals surface area contributed by atoms with E-state index in [0.29, 0.717) is 18.8 Å². The Bertz CT molecular complexity index is 850. The second-order valence-electron chi connectivity index (χ2n) is 8.78. The van der Waals surface area contributed by atoms with Crippen LogP contribution in [0.15, 0.2) is 35.4 Å². The number of nitrogens with one attached hydrogen (secondary N) is 1. The van der Waals surface area contributed by atoms with Crippen molar-refractivity contribution in [3.63, 3.8) is 0 Å². The van der Waals surface area contributed by atoms with Crippen molar-refractivity contribution in [1.82, 2.24) is 10.2 Å². The van der Waals surface area contributed by atoms with E-state index in [1.54, 1.807) is 4.90 Å². The molecule has 4 rings (SSSR count). The van der Waals surface area contributed by atoms with E-state index < -0.39 is 11.9 Å². The Morgan fingerprint density at radius 3 is 2.45 bits per heavy atom. The third kappa shape index (κ3) is 4.89. The first-order chi connectivity index (χ1) is 15.0. The smallest absolute Gasteiger partial charge is 0.270 e. The number of para-hydroxylation sites is 1. The van der Waals surface area contributed by atoms with Crippen LogP contribution in [0.4, 0.5) is 5.69 Å². The molecule has 0 aromatic heterocycles. The minimum Gasteiger partial charge on any atom is -0.368 e. The van der Waals surface area contributed by atoms with Crippen molar-refractivity contribution < 1.29 is 14.4 Å². The fraction of sp³-hybridized carbons (Fsp3) is 0.565. The largest absolute Gasteiger partial charge is 0.368 e. The van der Waals surface area contributed by atoms with Gasteiger partial charge in [0.1, 0.15) is 11.8 Å². The molecule has 2 atom stereocenters. The number of nitrogens with zero attached hydrogens (tertiary/aromatic N) is 3. The normalized spacial score (nSPS) is 24.6. The number of carbonyl (C=O) groups excluding carboxylic acids is 3. The van der Waals surface area contributed by atoms with Crippen LogP contribution in [0.5, 0.6) is 0 Å². The van der Waals surface area contributed by atoms with Gasteiger partial charge in [0.15, 0.2) is 0 Å². The van der Waals surface area contributed by atoms with Crippen molar-refractivity contribution in [3.05, 3.63) is 30.3 Å². The lowest BCUT2D eigenvalue weighted by Gasteiger charge is -2.33. The summed E-state index contributed by atoms with van der Waals surface area (Å²) in [6.45, 7) is 0.987. The molecule has 31 heavy (non-hydrogen) atoms. The topological polar surface area (TPSA) is 108 Å². The van der Waals surface area contributed by atoms with Crippen LogP contribution in [0.2, 0.25) is 0 Å². The van der Waals surface area contributed by atoms with Gasteiger partial charge in [-0.05, 0) is 37.8 Å². The fourth-order valence-corrected chi connectivity index (χ4v) is 4.80. The Morgan fingerprint density at radius 1 is 1.00 bits per heavy atom. The molecule has 1 aromatic rings. The molecule has 2 unspecified atom stereocenters. The lowest BCUT2D eigenvalue weighted by molar-refractivity contribution is -0.131. The molecule has 8 heteroatoms. The Hall–Kier alpha value is -2.90. The highest BCUT2D eigenvalue weighted by molar-refractivity contribution is 6.40. The number of carbonyl (C=O) groups is 3.